The van der Waals surface area contributed by atoms with Crippen LogP contribution in [0.3, 0.4) is 0 Å². The Balaban J connectivity index is 2.24. The Morgan fingerprint density at radius 1 is 1.42 bits per heavy atom. The summed E-state index contributed by atoms with van der Waals surface area (Å²) >= 11 is 4.87. The van der Waals surface area contributed by atoms with Gasteiger partial charge < -0.3 is 10.0 Å². The zero-order chi connectivity index (χ0) is 14.0. The SMILES string of the molecule is CC(c1cccs1)N(C)C(=O)c1ccc(Br)cc1O. The van der Waals surface area contributed by atoms with Crippen LogP contribution in [0.2, 0.25) is 0 Å². The summed E-state index contributed by atoms with van der Waals surface area (Å²) in [5, 5.41) is 11.8. The zero-order valence-electron chi connectivity index (χ0n) is 10.6. The topological polar surface area (TPSA) is 40.5 Å². The van der Waals surface area contributed by atoms with Crippen molar-refractivity contribution < 1.29 is 9.90 Å². The monoisotopic (exact) mass is 339 g/mol. The maximum absolute atomic E-state index is 12.4. The number of rotatable bonds is 3. The van der Waals surface area contributed by atoms with Gasteiger partial charge in [-0.2, -0.15) is 0 Å². The highest BCUT2D eigenvalue weighted by molar-refractivity contribution is 9.10. The molecule has 0 aliphatic heterocycles. The fourth-order valence-electron chi connectivity index (χ4n) is 1.77. The fourth-order valence-corrected chi connectivity index (χ4v) is 2.95. The molecule has 100 valence electrons. The second-order valence-corrected chi connectivity index (χ2v) is 6.16. The van der Waals surface area contributed by atoms with Gasteiger partial charge in [0.2, 0.25) is 0 Å². The first-order valence-corrected chi connectivity index (χ1v) is 7.47. The zero-order valence-corrected chi connectivity index (χ0v) is 13.0. The average molecular weight is 340 g/mol. The predicted octanol–water partition coefficient (Wildman–Crippen LogP) is 4.05. The van der Waals surface area contributed by atoms with Crippen molar-refractivity contribution in [1.29, 1.82) is 0 Å². The number of carbonyl (C=O) groups excluding carboxylic acids is 1. The van der Waals surface area contributed by atoms with Crippen molar-refractivity contribution in [3.8, 4) is 5.75 Å². The molecule has 1 aromatic carbocycles. The van der Waals surface area contributed by atoms with E-state index in [1.54, 1.807) is 35.4 Å². The average Bonchev–Trinajstić information content (AvgIpc) is 2.90. The quantitative estimate of drug-likeness (QED) is 0.916. The van der Waals surface area contributed by atoms with Crippen molar-refractivity contribution in [3.63, 3.8) is 0 Å². The van der Waals surface area contributed by atoms with Crippen molar-refractivity contribution in [2.75, 3.05) is 7.05 Å². The number of benzene rings is 1. The molecule has 1 unspecified atom stereocenters. The molecule has 0 saturated carbocycles. The molecule has 1 N–H and O–H groups in total. The van der Waals surface area contributed by atoms with Gasteiger partial charge in [0, 0.05) is 16.4 Å². The molecule has 0 bridgehead atoms. The summed E-state index contributed by atoms with van der Waals surface area (Å²) in [4.78, 5) is 15.1. The van der Waals surface area contributed by atoms with Gasteiger partial charge in [-0.15, -0.1) is 11.3 Å². The van der Waals surface area contributed by atoms with Crippen LogP contribution in [0, 0.1) is 0 Å². The summed E-state index contributed by atoms with van der Waals surface area (Å²) in [7, 11) is 1.74. The summed E-state index contributed by atoms with van der Waals surface area (Å²) in [6.45, 7) is 1.97. The molecular formula is C14H14BrNO2S. The van der Waals surface area contributed by atoms with Crippen LogP contribution in [0.25, 0.3) is 0 Å². The van der Waals surface area contributed by atoms with E-state index in [0.29, 0.717) is 5.56 Å². The lowest BCUT2D eigenvalue weighted by Gasteiger charge is -2.24. The maximum atomic E-state index is 12.4. The summed E-state index contributed by atoms with van der Waals surface area (Å²) in [6.07, 6.45) is 0. The van der Waals surface area contributed by atoms with Crippen molar-refractivity contribution in [3.05, 3.63) is 50.6 Å². The molecule has 3 nitrogen and oxygen atoms in total. The number of thiophene rings is 1. The van der Waals surface area contributed by atoms with Gasteiger partial charge in [-0.25, -0.2) is 0 Å². The molecule has 0 saturated heterocycles. The van der Waals surface area contributed by atoms with Gasteiger partial charge in [0.1, 0.15) is 5.75 Å². The number of carbonyl (C=O) groups is 1. The lowest BCUT2D eigenvalue weighted by atomic mass is 10.1. The Bertz CT molecular complexity index is 583. The van der Waals surface area contributed by atoms with Crippen LogP contribution in [-0.4, -0.2) is 23.0 Å². The van der Waals surface area contributed by atoms with E-state index in [1.165, 1.54) is 6.07 Å². The highest BCUT2D eigenvalue weighted by Crippen LogP contribution is 2.28. The van der Waals surface area contributed by atoms with Crippen LogP contribution >= 0.6 is 27.3 Å². The molecule has 0 fully saturated rings. The van der Waals surface area contributed by atoms with Gasteiger partial charge in [0.05, 0.1) is 11.6 Å². The minimum Gasteiger partial charge on any atom is -0.507 e. The van der Waals surface area contributed by atoms with Crippen LogP contribution in [0.15, 0.2) is 40.2 Å². The fraction of sp³-hybridized carbons (Fsp3) is 0.214. The third-order valence-corrected chi connectivity index (χ3v) is 4.58. The Morgan fingerprint density at radius 2 is 2.16 bits per heavy atom. The molecule has 1 amide bonds. The Hall–Kier alpha value is -1.33. The van der Waals surface area contributed by atoms with Gasteiger partial charge in [-0.3, -0.25) is 4.79 Å². The summed E-state index contributed by atoms with van der Waals surface area (Å²) in [6, 6.07) is 8.84. The molecule has 1 heterocycles. The second kappa shape index (κ2) is 5.75. The molecule has 0 spiro atoms. The minimum atomic E-state index is -0.189. The number of hydrogen-bond acceptors (Lipinski definition) is 3. The molecule has 0 aliphatic rings. The van der Waals surface area contributed by atoms with Crippen LogP contribution in [0.5, 0.6) is 5.75 Å². The highest BCUT2D eigenvalue weighted by Gasteiger charge is 2.21. The summed E-state index contributed by atoms with van der Waals surface area (Å²) < 4.78 is 0.746. The van der Waals surface area contributed by atoms with Crippen molar-refractivity contribution in [2.45, 2.75) is 13.0 Å². The van der Waals surface area contributed by atoms with Gasteiger partial charge in [0.25, 0.3) is 5.91 Å². The van der Waals surface area contributed by atoms with Crippen molar-refractivity contribution in [2.24, 2.45) is 0 Å². The van der Waals surface area contributed by atoms with E-state index in [4.69, 9.17) is 0 Å². The second-order valence-electron chi connectivity index (χ2n) is 4.27. The first-order valence-electron chi connectivity index (χ1n) is 5.79. The van der Waals surface area contributed by atoms with Crippen LogP contribution in [0.4, 0.5) is 0 Å². The van der Waals surface area contributed by atoms with Crippen LogP contribution in [-0.2, 0) is 0 Å². The van der Waals surface area contributed by atoms with Crippen LogP contribution < -0.4 is 0 Å². The Labute approximate surface area is 124 Å². The van der Waals surface area contributed by atoms with Crippen molar-refractivity contribution in [1.82, 2.24) is 4.90 Å². The number of phenolic OH excluding ortho intramolecular Hbond substituents is 1. The Kier molecular flexibility index (Phi) is 4.27. The van der Waals surface area contributed by atoms with E-state index in [-0.39, 0.29) is 17.7 Å². The third kappa shape index (κ3) is 2.98. The molecule has 0 radical (unpaired) electrons. The number of aromatic hydroxyl groups is 1. The number of phenols is 1. The molecule has 0 aliphatic carbocycles. The molecule has 1 atom stereocenters. The standard InChI is InChI=1S/C14H14BrNO2S/c1-9(13-4-3-7-19-13)16(2)14(18)11-6-5-10(15)8-12(11)17/h3-9,17H,1-2H3. The molecule has 2 aromatic rings. The molecular weight excluding hydrogens is 326 g/mol. The van der Waals surface area contributed by atoms with E-state index in [2.05, 4.69) is 15.9 Å². The number of nitrogens with zero attached hydrogens (tertiary/aromatic N) is 1. The summed E-state index contributed by atoms with van der Waals surface area (Å²) in [5.41, 5.74) is 0.314. The van der Waals surface area contributed by atoms with E-state index < -0.39 is 0 Å². The molecule has 2 rings (SSSR count). The van der Waals surface area contributed by atoms with Crippen LogP contribution in [0.1, 0.15) is 28.2 Å². The minimum absolute atomic E-state index is 0.00963. The van der Waals surface area contributed by atoms with Gasteiger partial charge in [-0.1, -0.05) is 22.0 Å². The molecule has 5 heteroatoms. The van der Waals surface area contributed by atoms with E-state index >= 15 is 0 Å². The smallest absolute Gasteiger partial charge is 0.257 e. The summed E-state index contributed by atoms with van der Waals surface area (Å²) in [5.74, 6) is -0.199. The largest absolute Gasteiger partial charge is 0.507 e. The van der Waals surface area contributed by atoms with Gasteiger partial charge >= 0.3 is 0 Å². The molecule has 1 aromatic heterocycles. The van der Waals surface area contributed by atoms with Gasteiger partial charge in [-0.05, 0) is 36.6 Å². The Morgan fingerprint density at radius 3 is 2.74 bits per heavy atom. The van der Waals surface area contributed by atoms with Crippen molar-refractivity contribution >= 4 is 33.2 Å². The lowest BCUT2D eigenvalue weighted by Crippen LogP contribution is -2.29. The predicted molar refractivity (Wildman–Crippen MR) is 80.6 cm³/mol. The van der Waals surface area contributed by atoms with E-state index in [0.717, 1.165) is 9.35 Å². The first kappa shape index (κ1) is 14.1. The lowest BCUT2D eigenvalue weighted by molar-refractivity contribution is 0.0742. The number of amides is 1. The number of hydrogen-bond donors (Lipinski definition) is 1. The highest BCUT2D eigenvalue weighted by atomic mass is 79.9. The maximum Gasteiger partial charge on any atom is 0.257 e. The third-order valence-electron chi connectivity index (χ3n) is 3.05. The first-order chi connectivity index (χ1) is 9.00. The van der Waals surface area contributed by atoms with E-state index in [1.807, 2.05) is 24.4 Å². The molecule has 19 heavy (non-hydrogen) atoms. The van der Waals surface area contributed by atoms with E-state index in [9.17, 15) is 9.90 Å². The van der Waals surface area contributed by atoms with Gasteiger partial charge in [0.15, 0.2) is 0 Å². The normalized spacial score (nSPS) is 12.2. The number of halogens is 1.